The Balaban J connectivity index is 1.50. The average Bonchev–Trinajstić information content (AvgIpc) is 3.44. The van der Waals surface area contributed by atoms with Crippen LogP contribution in [0.1, 0.15) is 5.56 Å². The highest BCUT2D eigenvalue weighted by molar-refractivity contribution is 7.22. The molecule has 4 aromatic rings. The molecule has 1 aliphatic rings. The number of aromatic nitrogens is 1. The van der Waals surface area contributed by atoms with Crippen molar-refractivity contribution in [3.8, 4) is 10.6 Å². The number of hydrogen-bond donors (Lipinski definition) is 1. The van der Waals surface area contributed by atoms with Gasteiger partial charge >= 0.3 is 0 Å². The van der Waals surface area contributed by atoms with E-state index in [0.29, 0.717) is 5.02 Å². The molecule has 0 amide bonds. The number of halogens is 1. The van der Waals surface area contributed by atoms with Gasteiger partial charge in [0.15, 0.2) is 12.2 Å². The molecule has 0 unspecified atom stereocenters. The molecule has 8 heteroatoms. The van der Waals surface area contributed by atoms with Crippen LogP contribution in [0.25, 0.3) is 20.7 Å². The summed E-state index contributed by atoms with van der Waals surface area (Å²) < 4.78 is 12.2. The highest BCUT2D eigenvalue weighted by Crippen LogP contribution is 2.40. The molecule has 0 spiro atoms. The Bertz CT molecular complexity index is 1180. The van der Waals surface area contributed by atoms with Gasteiger partial charge in [-0.2, -0.15) is 5.10 Å². The average molecular weight is 439 g/mol. The normalized spacial score (nSPS) is 14.6. The summed E-state index contributed by atoms with van der Waals surface area (Å²) in [6.45, 7) is 3.17. The van der Waals surface area contributed by atoms with Gasteiger partial charge in [-0.3, -0.25) is 5.43 Å². The second-order valence-corrected chi connectivity index (χ2v) is 8.43. The maximum absolute atomic E-state index is 6.05. The molecule has 1 saturated heterocycles. The van der Waals surface area contributed by atoms with E-state index in [1.54, 1.807) is 23.7 Å². The fourth-order valence-electron chi connectivity index (χ4n) is 3.48. The van der Waals surface area contributed by atoms with Gasteiger partial charge in [-0.15, -0.1) is 11.3 Å². The number of rotatable bonds is 5. The molecule has 2 aromatic carbocycles. The van der Waals surface area contributed by atoms with E-state index in [0.717, 1.165) is 52.9 Å². The lowest BCUT2D eigenvalue weighted by atomic mass is 10.1. The van der Waals surface area contributed by atoms with Crippen LogP contribution in [0, 0.1) is 0 Å². The van der Waals surface area contributed by atoms with Crippen LogP contribution in [-0.4, -0.2) is 37.5 Å². The van der Waals surface area contributed by atoms with Crippen molar-refractivity contribution in [2.75, 3.05) is 36.6 Å². The second kappa shape index (κ2) is 8.47. The molecule has 1 N–H and O–H groups in total. The molecule has 6 nitrogen and oxygen atoms in total. The van der Waals surface area contributed by atoms with E-state index >= 15 is 0 Å². The number of oxazole rings is 1. The second-order valence-electron chi connectivity index (χ2n) is 6.91. The van der Waals surface area contributed by atoms with Gasteiger partial charge in [-0.05, 0) is 35.9 Å². The predicted octanol–water partition coefficient (Wildman–Crippen LogP) is 5.49. The summed E-state index contributed by atoms with van der Waals surface area (Å²) in [6, 6.07) is 14.0. The van der Waals surface area contributed by atoms with Crippen LogP contribution < -0.4 is 10.3 Å². The Hall–Kier alpha value is -2.87. The first-order chi connectivity index (χ1) is 14.8. The molecular formula is C22H19ClN4O2S. The van der Waals surface area contributed by atoms with Crippen molar-refractivity contribution in [1.82, 2.24) is 4.98 Å². The lowest BCUT2D eigenvalue weighted by molar-refractivity contribution is 0.123. The lowest BCUT2D eigenvalue weighted by Gasteiger charge is -2.29. The number of benzene rings is 2. The first kappa shape index (κ1) is 19.1. The molecule has 5 rings (SSSR count). The first-order valence-corrected chi connectivity index (χ1v) is 10.8. The molecule has 30 heavy (non-hydrogen) atoms. The van der Waals surface area contributed by atoms with Gasteiger partial charge in [0.2, 0.25) is 0 Å². The van der Waals surface area contributed by atoms with E-state index in [4.69, 9.17) is 20.8 Å². The zero-order valence-electron chi connectivity index (χ0n) is 16.0. The Morgan fingerprint density at radius 2 is 2.07 bits per heavy atom. The number of nitrogens with zero attached hydrogens (tertiary/aromatic N) is 3. The van der Waals surface area contributed by atoms with Crippen molar-refractivity contribution in [3.63, 3.8) is 0 Å². The summed E-state index contributed by atoms with van der Waals surface area (Å²) in [5.41, 5.74) is 6.20. The molecule has 1 aliphatic heterocycles. The fourth-order valence-corrected chi connectivity index (χ4v) is 4.75. The molecule has 0 aliphatic carbocycles. The Morgan fingerprint density at radius 1 is 1.17 bits per heavy atom. The van der Waals surface area contributed by atoms with Gasteiger partial charge < -0.3 is 14.1 Å². The van der Waals surface area contributed by atoms with E-state index in [2.05, 4.69) is 38.6 Å². The van der Waals surface area contributed by atoms with Crippen LogP contribution in [0.4, 0.5) is 11.4 Å². The summed E-state index contributed by atoms with van der Waals surface area (Å²) in [5, 5.41) is 6.28. The molecule has 3 heterocycles. The highest BCUT2D eigenvalue weighted by Gasteiger charge is 2.18. The summed E-state index contributed by atoms with van der Waals surface area (Å²) in [5.74, 6) is 0.776. The van der Waals surface area contributed by atoms with E-state index < -0.39 is 0 Å². The van der Waals surface area contributed by atoms with Crippen molar-refractivity contribution in [2.45, 2.75) is 0 Å². The molecular weight excluding hydrogens is 420 g/mol. The van der Waals surface area contributed by atoms with Gasteiger partial charge in [-0.1, -0.05) is 23.7 Å². The molecule has 2 aromatic heterocycles. The fraction of sp³-hybridized carbons (Fsp3) is 0.182. The summed E-state index contributed by atoms with van der Waals surface area (Å²) >= 11 is 7.73. The van der Waals surface area contributed by atoms with Gasteiger partial charge in [0.05, 0.1) is 36.2 Å². The lowest BCUT2D eigenvalue weighted by Crippen LogP contribution is -2.36. The number of fused-ring (bicyclic) bond motifs is 1. The van der Waals surface area contributed by atoms with Crippen LogP contribution >= 0.6 is 22.9 Å². The molecule has 0 bridgehead atoms. The Kier molecular flexibility index (Phi) is 5.40. The maximum Gasteiger partial charge on any atom is 0.181 e. The topological polar surface area (TPSA) is 62.9 Å². The smallest absolute Gasteiger partial charge is 0.181 e. The van der Waals surface area contributed by atoms with Crippen LogP contribution in [0.5, 0.6) is 0 Å². The quantitative estimate of drug-likeness (QED) is 0.329. The zero-order chi connectivity index (χ0) is 20.3. The molecule has 0 saturated carbocycles. The number of nitrogens with one attached hydrogen (secondary N) is 1. The van der Waals surface area contributed by atoms with Crippen molar-refractivity contribution in [3.05, 3.63) is 65.6 Å². The minimum atomic E-state index is 0.688. The number of hydrazone groups is 1. The number of ether oxygens (including phenoxy) is 1. The van der Waals surface area contributed by atoms with Crippen molar-refractivity contribution in [2.24, 2.45) is 5.10 Å². The largest absolute Gasteiger partial charge is 0.443 e. The number of thiophene rings is 1. The van der Waals surface area contributed by atoms with Gasteiger partial charge in [-0.25, -0.2) is 4.98 Å². The van der Waals surface area contributed by atoms with E-state index in [1.165, 1.54) is 17.5 Å². The number of hydrogen-bond acceptors (Lipinski definition) is 7. The number of anilines is 2. The van der Waals surface area contributed by atoms with Crippen molar-refractivity contribution < 1.29 is 9.15 Å². The van der Waals surface area contributed by atoms with Crippen molar-refractivity contribution in [1.29, 1.82) is 0 Å². The standard InChI is InChI=1S/C22H19ClN4O2S/c23-16-3-1-2-15(8-16)12-25-26-17-9-19(27-4-6-28-7-5-27)18-11-22(30-21(18)10-17)20-13-24-14-29-20/h1-3,8-14,26H,4-7H2/b25-12+. The molecule has 0 atom stereocenters. The summed E-state index contributed by atoms with van der Waals surface area (Å²) in [7, 11) is 0. The maximum atomic E-state index is 6.05. The van der Waals surface area contributed by atoms with Gasteiger partial charge in [0, 0.05) is 33.9 Å². The first-order valence-electron chi connectivity index (χ1n) is 9.60. The zero-order valence-corrected chi connectivity index (χ0v) is 17.6. The minimum absolute atomic E-state index is 0.688. The van der Waals surface area contributed by atoms with E-state index in [9.17, 15) is 0 Å². The number of morpholine rings is 1. The predicted molar refractivity (Wildman–Crippen MR) is 123 cm³/mol. The third kappa shape index (κ3) is 4.05. The molecule has 1 fully saturated rings. The van der Waals surface area contributed by atoms with Crippen LogP contribution in [0.15, 0.2) is 64.6 Å². The third-order valence-corrected chi connectivity index (χ3v) is 6.23. The van der Waals surface area contributed by atoms with E-state index in [1.807, 2.05) is 24.3 Å². The van der Waals surface area contributed by atoms with Crippen LogP contribution in [-0.2, 0) is 4.74 Å². The van der Waals surface area contributed by atoms with E-state index in [-0.39, 0.29) is 0 Å². The monoisotopic (exact) mass is 438 g/mol. The SMILES string of the molecule is Clc1cccc(/C=N/Nc2cc(N3CCOCC3)c3cc(-c4cnco4)sc3c2)c1. The highest BCUT2D eigenvalue weighted by atomic mass is 35.5. The Labute approximate surface area is 182 Å². The molecule has 152 valence electrons. The Morgan fingerprint density at radius 3 is 2.87 bits per heavy atom. The van der Waals surface area contributed by atoms with Crippen LogP contribution in [0.2, 0.25) is 5.02 Å². The van der Waals surface area contributed by atoms with Crippen LogP contribution in [0.3, 0.4) is 0 Å². The summed E-state index contributed by atoms with van der Waals surface area (Å²) in [4.78, 5) is 7.45. The minimum Gasteiger partial charge on any atom is -0.443 e. The van der Waals surface area contributed by atoms with Crippen molar-refractivity contribution >= 4 is 50.6 Å². The molecule has 0 radical (unpaired) electrons. The van der Waals surface area contributed by atoms with Gasteiger partial charge in [0.1, 0.15) is 0 Å². The summed E-state index contributed by atoms with van der Waals surface area (Å²) in [6.07, 6.45) is 4.96. The third-order valence-electron chi connectivity index (χ3n) is 4.90. The van der Waals surface area contributed by atoms with Gasteiger partial charge in [0.25, 0.3) is 0 Å².